The lowest BCUT2D eigenvalue weighted by Crippen LogP contribution is -1.99. The van der Waals surface area contributed by atoms with Crippen molar-refractivity contribution in [2.75, 3.05) is 24.8 Å². The number of nitrogens with zero attached hydrogens (tertiary/aromatic N) is 2. The number of ether oxygens (including phenoxy) is 2. The number of anilines is 1. The second-order valence-electron chi connectivity index (χ2n) is 5.02. The number of nitrogens with one attached hydrogen (secondary N) is 1. The molecule has 1 N–H and O–H groups in total. The Morgan fingerprint density at radius 2 is 2.00 bits per heavy atom. The first-order valence-electron chi connectivity index (χ1n) is 7.33. The Bertz CT molecular complexity index is 585. The lowest BCUT2D eigenvalue weighted by Gasteiger charge is -2.06. The Labute approximate surface area is 138 Å². The predicted octanol–water partition coefficient (Wildman–Crippen LogP) is 3.68. The molecule has 0 amide bonds. The zero-order chi connectivity index (χ0) is 15.2. The van der Waals surface area contributed by atoms with E-state index >= 15 is 0 Å². The van der Waals surface area contributed by atoms with E-state index in [0.29, 0.717) is 12.6 Å². The molecular weight excluding hydrogens is 318 g/mol. The first-order chi connectivity index (χ1) is 10.8. The molecule has 1 aliphatic rings. The fourth-order valence-corrected chi connectivity index (χ4v) is 3.62. The summed E-state index contributed by atoms with van der Waals surface area (Å²) in [7, 11) is 1.66. The molecule has 3 rings (SSSR count). The van der Waals surface area contributed by atoms with Crippen molar-refractivity contribution < 1.29 is 9.47 Å². The normalized spacial score (nSPS) is 13.9. The highest BCUT2D eigenvalue weighted by Gasteiger charge is 2.22. The van der Waals surface area contributed by atoms with Crippen LogP contribution < -0.4 is 14.8 Å². The van der Waals surface area contributed by atoms with Gasteiger partial charge in [0.2, 0.25) is 5.13 Å². The van der Waals surface area contributed by atoms with Crippen LogP contribution in [-0.2, 0) is 0 Å². The molecule has 2 aromatic rings. The minimum atomic E-state index is 0.628. The molecule has 0 unspecified atom stereocenters. The van der Waals surface area contributed by atoms with Gasteiger partial charge in [0.1, 0.15) is 11.5 Å². The first-order valence-corrected chi connectivity index (χ1v) is 9.13. The summed E-state index contributed by atoms with van der Waals surface area (Å²) in [6.45, 7) is 0.700. The van der Waals surface area contributed by atoms with Gasteiger partial charge in [0.25, 0.3) is 0 Å². The molecule has 0 spiro atoms. The topological polar surface area (TPSA) is 56.3 Å². The van der Waals surface area contributed by atoms with Crippen LogP contribution in [0.1, 0.15) is 19.3 Å². The van der Waals surface area contributed by atoms with E-state index in [9.17, 15) is 0 Å². The fraction of sp³-hybridized carbons (Fsp3) is 0.467. The van der Waals surface area contributed by atoms with Crippen LogP contribution in [0.15, 0.2) is 28.6 Å². The monoisotopic (exact) mass is 337 g/mol. The third-order valence-corrected chi connectivity index (χ3v) is 5.23. The summed E-state index contributed by atoms with van der Waals surface area (Å²) in [6, 6.07) is 8.28. The van der Waals surface area contributed by atoms with Crippen LogP contribution in [0.25, 0.3) is 0 Å². The van der Waals surface area contributed by atoms with Crippen molar-refractivity contribution in [1.82, 2.24) is 10.2 Å². The standard InChI is InChI=1S/C15H19N3O2S2/c1-19-12-5-7-13(8-6-12)20-9-2-10-21-15-18-17-14(22-15)16-11-3-4-11/h5-8,11H,2-4,9-10H2,1H3,(H,16,17). The van der Waals surface area contributed by atoms with Crippen LogP contribution in [0.4, 0.5) is 5.13 Å². The maximum atomic E-state index is 5.70. The summed E-state index contributed by atoms with van der Waals surface area (Å²) < 4.78 is 11.8. The molecule has 22 heavy (non-hydrogen) atoms. The smallest absolute Gasteiger partial charge is 0.206 e. The number of benzene rings is 1. The number of rotatable bonds is 9. The molecule has 5 nitrogen and oxygen atoms in total. The molecule has 7 heteroatoms. The number of aromatic nitrogens is 2. The SMILES string of the molecule is COc1ccc(OCCCSc2nnc(NC3CC3)s2)cc1. The van der Waals surface area contributed by atoms with Crippen LogP contribution in [0.5, 0.6) is 11.5 Å². The average molecular weight is 337 g/mol. The quantitative estimate of drug-likeness (QED) is 0.556. The van der Waals surface area contributed by atoms with Crippen LogP contribution in [0.2, 0.25) is 0 Å². The zero-order valence-corrected chi connectivity index (χ0v) is 14.1. The van der Waals surface area contributed by atoms with Crippen molar-refractivity contribution in [3.05, 3.63) is 24.3 Å². The lowest BCUT2D eigenvalue weighted by molar-refractivity contribution is 0.318. The minimum Gasteiger partial charge on any atom is -0.497 e. The van der Waals surface area contributed by atoms with Crippen LogP contribution in [0, 0.1) is 0 Å². The molecule has 118 valence electrons. The molecule has 1 saturated carbocycles. The van der Waals surface area contributed by atoms with Crippen LogP contribution >= 0.6 is 23.1 Å². The van der Waals surface area contributed by atoms with E-state index in [0.717, 1.165) is 33.1 Å². The van der Waals surface area contributed by atoms with Crippen molar-refractivity contribution in [3.8, 4) is 11.5 Å². The molecule has 1 aromatic carbocycles. The van der Waals surface area contributed by atoms with Crippen molar-refractivity contribution in [3.63, 3.8) is 0 Å². The largest absolute Gasteiger partial charge is 0.497 e. The highest BCUT2D eigenvalue weighted by molar-refractivity contribution is 8.01. The number of thioether (sulfide) groups is 1. The number of methoxy groups -OCH3 is 1. The lowest BCUT2D eigenvalue weighted by atomic mass is 10.3. The second kappa shape index (κ2) is 7.69. The maximum absolute atomic E-state index is 5.70. The van der Waals surface area contributed by atoms with Crippen LogP contribution in [-0.4, -0.2) is 35.7 Å². The number of hydrogen-bond donors (Lipinski definition) is 1. The molecular formula is C15H19N3O2S2. The summed E-state index contributed by atoms with van der Waals surface area (Å²) in [4.78, 5) is 0. The van der Waals surface area contributed by atoms with E-state index in [-0.39, 0.29) is 0 Å². The van der Waals surface area contributed by atoms with E-state index < -0.39 is 0 Å². The van der Waals surface area contributed by atoms with Gasteiger partial charge in [-0.05, 0) is 43.5 Å². The average Bonchev–Trinajstić information content (AvgIpc) is 3.25. The van der Waals surface area contributed by atoms with Crippen molar-refractivity contribution in [2.24, 2.45) is 0 Å². The van der Waals surface area contributed by atoms with E-state index in [1.54, 1.807) is 30.2 Å². The molecule has 0 bridgehead atoms. The van der Waals surface area contributed by atoms with Gasteiger partial charge in [0.05, 0.1) is 13.7 Å². The maximum Gasteiger partial charge on any atom is 0.206 e. The Balaban J connectivity index is 1.31. The summed E-state index contributed by atoms with van der Waals surface area (Å²) in [5.41, 5.74) is 0. The molecule has 0 radical (unpaired) electrons. The number of hydrogen-bond acceptors (Lipinski definition) is 7. The van der Waals surface area contributed by atoms with Gasteiger partial charge in [-0.2, -0.15) is 0 Å². The Morgan fingerprint density at radius 3 is 2.73 bits per heavy atom. The highest BCUT2D eigenvalue weighted by Crippen LogP contribution is 2.30. The van der Waals surface area contributed by atoms with E-state index in [1.165, 1.54) is 12.8 Å². The van der Waals surface area contributed by atoms with E-state index in [1.807, 2.05) is 24.3 Å². The molecule has 1 fully saturated rings. The van der Waals surface area contributed by atoms with Crippen molar-refractivity contribution >= 4 is 28.2 Å². The first kappa shape index (κ1) is 15.4. The van der Waals surface area contributed by atoms with Gasteiger partial charge in [-0.3, -0.25) is 0 Å². The summed E-state index contributed by atoms with van der Waals surface area (Å²) >= 11 is 3.37. The summed E-state index contributed by atoms with van der Waals surface area (Å²) in [5, 5.41) is 12.6. The van der Waals surface area contributed by atoms with Gasteiger partial charge in [-0.15, -0.1) is 10.2 Å². The molecule has 0 atom stereocenters. The molecule has 0 saturated heterocycles. The molecule has 1 aromatic heterocycles. The fourth-order valence-electron chi connectivity index (χ4n) is 1.81. The van der Waals surface area contributed by atoms with E-state index in [4.69, 9.17) is 9.47 Å². The van der Waals surface area contributed by atoms with Crippen LogP contribution in [0.3, 0.4) is 0 Å². The third kappa shape index (κ3) is 4.78. The van der Waals surface area contributed by atoms with Gasteiger partial charge in [0, 0.05) is 11.8 Å². The van der Waals surface area contributed by atoms with Crippen molar-refractivity contribution in [1.29, 1.82) is 0 Å². The Hall–Kier alpha value is -1.47. The summed E-state index contributed by atoms with van der Waals surface area (Å²) in [5.74, 6) is 2.70. The highest BCUT2D eigenvalue weighted by atomic mass is 32.2. The van der Waals surface area contributed by atoms with Gasteiger partial charge >= 0.3 is 0 Å². The summed E-state index contributed by atoms with van der Waals surface area (Å²) in [6.07, 6.45) is 3.48. The predicted molar refractivity (Wildman–Crippen MR) is 90.4 cm³/mol. The third-order valence-electron chi connectivity index (χ3n) is 3.15. The zero-order valence-electron chi connectivity index (χ0n) is 12.4. The second-order valence-corrected chi connectivity index (χ2v) is 7.34. The van der Waals surface area contributed by atoms with E-state index in [2.05, 4.69) is 15.5 Å². The Morgan fingerprint density at radius 1 is 1.23 bits per heavy atom. The molecule has 1 aliphatic carbocycles. The molecule has 1 heterocycles. The molecule has 0 aliphatic heterocycles. The van der Waals surface area contributed by atoms with Gasteiger partial charge in [0.15, 0.2) is 4.34 Å². The van der Waals surface area contributed by atoms with Gasteiger partial charge in [-0.1, -0.05) is 23.1 Å². The Kier molecular flexibility index (Phi) is 5.39. The van der Waals surface area contributed by atoms with Crippen molar-refractivity contribution in [2.45, 2.75) is 29.6 Å². The van der Waals surface area contributed by atoms with Gasteiger partial charge < -0.3 is 14.8 Å². The minimum absolute atomic E-state index is 0.628. The van der Waals surface area contributed by atoms with Gasteiger partial charge in [-0.25, -0.2) is 0 Å².